The Bertz CT molecular complexity index is 476. The number of Topliss-reactive ketones (excluding diaryl/α,β-unsaturated/α-hetero) is 1. The lowest BCUT2D eigenvalue weighted by Gasteiger charge is -1.99. The fourth-order valence-electron chi connectivity index (χ4n) is 1.20. The number of nitrogens with two attached hydrogens (primary N) is 1. The van der Waals surface area contributed by atoms with E-state index in [0.717, 1.165) is 5.75 Å². The molecule has 16 heavy (non-hydrogen) atoms. The molecule has 0 saturated heterocycles. The molecule has 1 heterocycles. The maximum absolute atomic E-state index is 11.4. The molecule has 1 aromatic carbocycles. The van der Waals surface area contributed by atoms with Crippen LogP contribution >= 0.6 is 0 Å². The molecule has 3 N–H and O–H groups in total. The van der Waals surface area contributed by atoms with Gasteiger partial charge in [-0.1, -0.05) is 0 Å². The number of ketones is 1. The zero-order valence-electron chi connectivity index (χ0n) is 8.60. The van der Waals surface area contributed by atoms with E-state index in [4.69, 9.17) is 10.5 Å². The summed E-state index contributed by atoms with van der Waals surface area (Å²) in [7, 11) is 1.58. The molecule has 1 aliphatic rings. The predicted molar refractivity (Wildman–Crippen MR) is 59.9 cm³/mol. The van der Waals surface area contributed by atoms with Gasteiger partial charge in [0.2, 0.25) is 0 Å². The fraction of sp³-hybridized carbons (Fsp3) is 0.100. The van der Waals surface area contributed by atoms with E-state index < -0.39 is 5.78 Å². The van der Waals surface area contributed by atoms with E-state index in [1.807, 2.05) is 0 Å². The second kappa shape index (κ2) is 4.01. The lowest BCUT2D eigenvalue weighted by Crippen LogP contribution is -2.27. The van der Waals surface area contributed by atoms with Gasteiger partial charge in [0, 0.05) is 0 Å². The summed E-state index contributed by atoms with van der Waals surface area (Å²) in [4.78, 5) is 15.4. The number of rotatable bonds is 2. The highest BCUT2D eigenvalue weighted by atomic mass is 16.5. The molecule has 0 spiro atoms. The number of nitrogens with one attached hydrogen (secondary N) is 1. The SMILES string of the molecule is COc1ccc(N=C2NN=C(N)C2=O)cc1. The summed E-state index contributed by atoms with van der Waals surface area (Å²) in [5.74, 6) is 0.385. The lowest BCUT2D eigenvalue weighted by atomic mass is 10.3. The van der Waals surface area contributed by atoms with Gasteiger partial charge in [0.15, 0.2) is 11.7 Å². The number of hydrogen-bond acceptors (Lipinski definition) is 5. The first kappa shape index (κ1) is 10.2. The van der Waals surface area contributed by atoms with Crippen molar-refractivity contribution < 1.29 is 9.53 Å². The molecule has 0 radical (unpaired) electrons. The Morgan fingerprint density at radius 1 is 1.38 bits per heavy atom. The molecule has 0 bridgehead atoms. The van der Waals surface area contributed by atoms with Crippen molar-refractivity contribution in [3.8, 4) is 5.75 Å². The average molecular weight is 218 g/mol. The number of hydrazone groups is 1. The molecule has 0 unspecified atom stereocenters. The molecular weight excluding hydrogens is 208 g/mol. The Kier molecular flexibility index (Phi) is 2.55. The molecule has 82 valence electrons. The molecule has 0 aliphatic carbocycles. The van der Waals surface area contributed by atoms with Crippen LogP contribution in [0.4, 0.5) is 5.69 Å². The Hall–Kier alpha value is -2.37. The lowest BCUT2D eigenvalue weighted by molar-refractivity contribution is -0.107. The van der Waals surface area contributed by atoms with Crippen LogP contribution in [0.5, 0.6) is 5.75 Å². The first-order valence-corrected chi connectivity index (χ1v) is 4.57. The molecular formula is C10H10N4O2. The number of carbonyl (C=O) groups is 1. The van der Waals surface area contributed by atoms with Gasteiger partial charge in [-0.2, -0.15) is 5.10 Å². The standard InChI is InChI=1S/C10H10N4O2/c1-16-7-4-2-6(3-5-7)12-10-8(15)9(11)13-14-10/h2-5H,1H3,(H3,11,12,13,14,15). The smallest absolute Gasteiger partial charge is 0.266 e. The van der Waals surface area contributed by atoms with Crippen LogP contribution in [0.15, 0.2) is 34.4 Å². The van der Waals surface area contributed by atoms with E-state index in [9.17, 15) is 4.79 Å². The minimum Gasteiger partial charge on any atom is -0.497 e. The van der Waals surface area contributed by atoms with E-state index in [2.05, 4.69) is 15.5 Å². The average Bonchev–Trinajstić information content (AvgIpc) is 2.62. The van der Waals surface area contributed by atoms with E-state index in [1.165, 1.54) is 0 Å². The van der Waals surface area contributed by atoms with Crippen molar-refractivity contribution in [2.24, 2.45) is 15.8 Å². The number of aliphatic imine (C=N–C) groups is 1. The predicted octanol–water partition coefficient (Wildman–Crippen LogP) is 0.170. The summed E-state index contributed by atoms with van der Waals surface area (Å²) in [5.41, 5.74) is 8.40. The normalized spacial score (nSPS) is 17.2. The van der Waals surface area contributed by atoms with Crippen molar-refractivity contribution in [2.45, 2.75) is 0 Å². The Labute approximate surface area is 91.8 Å². The Morgan fingerprint density at radius 2 is 2.06 bits per heavy atom. The zero-order valence-corrected chi connectivity index (χ0v) is 8.60. The van der Waals surface area contributed by atoms with Gasteiger partial charge in [-0.3, -0.25) is 10.2 Å². The Balaban J connectivity index is 2.21. The fourth-order valence-corrected chi connectivity index (χ4v) is 1.20. The third-order valence-corrected chi connectivity index (χ3v) is 2.04. The van der Waals surface area contributed by atoms with Crippen molar-refractivity contribution in [1.29, 1.82) is 0 Å². The number of amidine groups is 2. The van der Waals surface area contributed by atoms with Crippen molar-refractivity contribution in [1.82, 2.24) is 5.43 Å². The van der Waals surface area contributed by atoms with Gasteiger partial charge in [-0.25, -0.2) is 4.99 Å². The van der Waals surface area contributed by atoms with Crippen LogP contribution in [0.3, 0.4) is 0 Å². The largest absolute Gasteiger partial charge is 0.497 e. The zero-order chi connectivity index (χ0) is 11.5. The molecule has 1 aliphatic heterocycles. The van der Waals surface area contributed by atoms with Gasteiger partial charge < -0.3 is 10.5 Å². The first-order valence-electron chi connectivity index (χ1n) is 4.57. The number of hydrogen-bond donors (Lipinski definition) is 2. The third-order valence-electron chi connectivity index (χ3n) is 2.04. The summed E-state index contributed by atoms with van der Waals surface area (Å²) >= 11 is 0. The highest BCUT2D eigenvalue weighted by Gasteiger charge is 2.21. The van der Waals surface area contributed by atoms with Gasteiger partial charge in [-0.15, -0.1) is 0 Å². The highest BCUT2D eigenvalue weighted by Crippen LogP contribution is 2.17. The van der Waals surface area contributed by atoms with E-state index in [0.29, 0.717) is 5.69 Å². The number of methoxy groups -OCH3 is 1. The van der Waals surface area contributed by atoms with Crippen LogP contribution in [0.25, 0.3) is 0 Å². The Morgan fingerprint density at radius 3 is 2.56 bits per heavy atom. The van der Waals surface area contributed by atoms with Crippen LogP contribution in [0.2, 0.25) is 0 Å². The van der Waals surface area contributed by atoms with Gasteiger partial charge >= 0.3 is 0 Å². The van der Waals surface area contributed by atoms with Crippen molar-refractivity contribution in [3.05, 3.63) is 24.3 Å². The van der Waals surface area contributed by atoms with Gasteiger partial charge in [0.1, 0.15) is 5.75 Å². The molecule has 0 amide bonds. The van der Waals surface area contributed by atoms with Gasteiger partial charge in [-0.05, 0) is 24.3 Å². The van der Waals surface area contributed by atoms with E-state index in [1.54, 1.807) is 31.4 Å². The third kappa shape index (κ3) is 1.85. The summed E-state index contributed by atoms with van der Waals surface area (Å²) in [6, 6.07) is 6.97. The number of ether oxygens (including phenoxy) is 1. The molecule has 6 nitrogen and oxygen atoms in total. The second-order valence-electron chi connectivity index (χ2n) is 3.10. The van der Waals surface area contributed by atoms with Crippen molar-refractivity contribution in [3.63, 3.8) is 0 Å². The number of nitrogens with zero attached hydrogens (tertiary/aromatic N) is 2. The molecule has 6 heteroatoms. The van der Waals surface area contributed by atoms with Crippen molar-refractivity contribution in [2.75, 3.05) is 7.11 Å². The summed E-state index contributed by atoms with van der Waals surface area (Å²) < 4.78 is 5.00. The molecule has 0 fully saturated rings. The highest BCUT2D eigenvalue weighted by molar-refractivity contribution is 6.67. The maximum atomic E-state index is 11.4. The van der Waals surface area contributed by atoms with E-state index in [-0.39, 0.29) is 11.7 Å². The summed E-state index contributed by atoms with van der Waals surface area (Å²) in [5, 5.41) is 3.57. The molecule has 0 saturated carbocycles. The first-order chi connectivity index (χ1) is 7.70. The summed E-state index contributed by atoms with van der Waals surface area (Å²) in [6.07, 6.45) is 0. The minimum atomic E-state index is -0.393. The molecule has 2 rings (SSSR count). The molecule has 0 atom stereocenters. The van der Waals surface area contributed by atoms with Crippen LogP contribution in [0, 0.1) is 0 Å². The van der Waals surface area contributed by atoms with Crippen LogP contribution in [-0.2, 0) is 4.79 Å². The van der Waals surface area contributed by atoms with E-state index >= 15 is 0 Å². The van der Waals surface area contributed by atoms with Crippen LogP contribution < -0.4 is 15.9 Å². The molecule has 1 aromatic rings. The quantitative estimate of drug-likeness (QED) is 0.740. The number of carbonyl (C=O) groups excluding carboxylic acids is 1. The topological polar surface area (TPSA) is 89.1 Å². The number of benzene rings is 1. The molecule has 0 aromatic heterocycles. The van der Waals surface area contributed by atoms with Gasteiger partial charge in [0.25, 0.3) is 5.78 Å². The van der Waals surface area contributed by atoms with Gasteiger partial charge in [0.05, 0.1) is 12.8 Å². The van der Waals surface area contributed by atoms with Crippen LogP contribution in [0.1, 0.15) is 0 Å². The van der Waals surface area contributed by atoms with Crippen molar-refractivity contribution >= 4 is 23.1 Å². The monoisotopic (exact) mass is 218 g/mol. The summed E-state index contributed by atoms with van der Waals surface area (Å²) in [6.45, 7) is 0. The second-order valence-corrected chi connectivity index (χ2v) is 3.10. The maximum Gasteiger partial charge on any atom is 0.266 e. The van der Waals surface area contributed by atoms with Crippen LogP contribution in [-0.4, -0.2) is 24.6 Å². The minimum absolute atomic E-state index is 0.0766.